The predicted molar refractivity (Wildman–Crippen MR) is 93.7 cm³/mol. The van der Waals surface area contributed by atoms with E-state index in [-0.39, 0.29) is 5.91 Å². The fourth-order valence-electron chi connectivity index (χ4n) is 3.09. The molecule has 7 heteroatoms. The van der Waals surface area contributed by atoms with Crippen molar-refractivity contribution in [2.45, 2.75) is 45.1 Å². The number of rotatable bonds is 7. The number of pyridine rings is 1. The molecule has 0 saturated carbocycles. The number of piperidine rings is 1. The van der Waals surface area contributed by atoms with Crippen LogP contribution < -0.4 is 5.32 Å². The fourth-order valence-corrected chi connectivity index (χ4v) is 3.09. The third-order valence-electron chi connectivity index (χ3n) is 4.59. The first-order valence-corrected chi connectivity index (χ1v) is 8.97. The average molecular weight is 343 g/mol. The normalized spacial score (nSPS) is 18.2. The van der Waals surface area contributed by atoms with Crippen molar-refractivity contribution < 1.29 is 9.32 Å². The van der Waals surface area contributed by atoms with Gasteiger partial charge in [0.25, 0.3) is 0 Å². The molecule has 0 spiro atoms. The van der Waals surface area contributed by atoms with Crippen LogP contribution in [-0.4, -0.2) is 51.6 Å². The van der Waals surface area contributed by atoms with Gasteiger partial charge in [-0.15, -0.1) is 0 Å². The molecule has 1 atom stereocenters. The van der Waals surface area contributed by atoms with E-state index in [2.05, 4.69) is 32.3 Å². The van der Waals surface area contributed by atoms with Crippen LogP contribution in [0.4, 0.5) is 0 Å². The topological polar surface area (TPSA) is 84.2 Å². The second-order valence-corrected chi connectivity index (χ2v) is 6.46. The second kappa shape index (κ2) is 8.71. The van der Waals surface area contributed by atoms with Crippen molar-refractivity contribution in [1.29, 1.82) is 0 Å². The highest BCUT2D eigenvalue weighted by Gasteiger charge is 2.17. The lowest BCUT2D eigenvalue weighted by atomic mass is 10.0. The molecule has 0 radical (unpaired) electrons. The lowest BCUT2D eigenvalue weighted by Gasteiger charge is -2.33. The van der Waals surface area contributed by atoms with Crippen LogP contribution in [-0.2, 0) is 11.2 Å². The Labute approximate surface area is 147 Å². The van der Waals surface area contributed by atoms with E-state index in [4.69, 9.17) is 4.52 Å². The minimum absolute atomic E-state index is 0.0160. The van der Waals surface area contributed by atoms with E-state index in [1.54, 1.807) is 6.20 Å². The molecule has 0 bridgehead atoms. The molecule has 2 aromatic heterocycles. The summed E-state index contributed by atoms with van der Waals surface area (Å²) in [4.78, 5) is 22.9. The van der Waals surface area contributed by atoms with E-state index in [0.29, 0.717) is 42.8 Å². The number of nitrogens with zero attached hydrogens (tertiary/aromatic N) is 4. The third-order valence-corrected chi connectivity index (χ3v) is 4.59. The Morgan fingerprint density at radius 3 is 3.12 bits per heavy atom. The maximum atomic E-state index is 12.0. The van der Waals surface area contributed by atoms with Gasteiger partial charge in [0, 0.05) is 38.2 Å². The highest BCUT2D eigenvalue weighted by Crippen LogP contribution is 2.15. The van der Waals surface area contributed by atoms with E-state index in [9.17, 15) is 4.79 Å². The molecule has 7 nitrogen and oxygen atoms in total. The van der Waals surface area contributed by atoms with Crippen molar-refractivity contribution in [1.82, 2.24) is 25.3 Å². The first-order chi connectivity index (χ1) is 12.2. The van der Waals surface area contributed by atoms with E-state index in [1.807, 2.05) is 18.2 Å². The molecule has 1 fully saturated rings. The number of hydrogen-bond donors (Lipinski definition) is 1. The molecular formula is C18H25N5O2. The molecule has 1 unspecified atom stereocenters. The van der Waals surface area contributed by atoms with Crippen LogP contribution in [0, 0.1) is 0 Å². The third kappa shape index (κ3) is 5.09. The molecule has 2 aromatic rings. The minimum atomic E-state index is 0.0160. The Kier molecular flexibility index (Phi) is 6.11. The van der Waals surface area contributed by atoms with Crippen LogP contribution in [0.25, 0.3) is 11.5 Å². The van der Waals surface area contributed by atoms with Gasteiger partial charge in [-0.05, 0) is 38.4 Å². The van der Waals surface area contributed by atoms with Crippen LogP contribution in [0.15, 0.2) is 28.9 Å². The minimum Gasteiger partial charge on any atom is -0.355 e. The van der Waals surface area contributed by atoms with E-state index >= 15 is 0 Å². The number of aryl methyl sites for hydroxylation is 1. The second-order valence-electron chi connectivity index (χ2n) is 6.46. The van der Waals surface area contributed by atoms with Gasteiger partial charge in [0.1, 0.15) is 5.69 Å². The molecule has 1 aliphatic heterocycles. The molecule has 0 aliphatic carbocycles. The standard InChI is InChI=1S/C18H25N5O2/c1-14-6-3-5-12-23(14)13-11-20-16(24)8-9-17-21-18(22-25-17)15-7-2-4-10-19-15/h2,4,7,10,14H,3,5-6,8-9,11-13H2,1H3,(H,20,24). The molecule has 3 heterocycles. The van der Waals surface area contributed by atoms with E-state index < -0.39 is 0 Å². The quantitative estimate of drug-likeness (QED) is 0.828. The lowest BCUT2D eigenvalue weighted by molar-refractivity contribution is -0.121. The summed E-state index contributed by atoms with van der Waals surface area (Å²) in [6, 6.07) is 6.14. The van der Waals surface area contributed by atoms with Crippen molar-refractivity contribution in [3.8, 4) is 11.5 Å². The Morgan fingerprint density at radius 2 is 2.32 bits per heavy atom. The molecule has 3 rings (SSSR count). The van der Waals surface area contributed by atoms with E-state index in [1.165, 1.54) is 19.3 Å². The van der Waals surface area contributed by atoms with Gasteiger partial charge in [-0.3, -0.25) is 14.7 Å². The largest absolute Gasteiger partial charge is 0.355 e. The molecule has 25 heavy (non-hydrogen) atoms. The lowest BCUT2D eigenvalue weighted by Crippen LogP contribution is -2.42. The maximum absolute atomic E-state index is 12.0. The van der Waals surface area contributed by atoms with Crippen LogP contribution in [0.5, 0.6) is 0 Å². The first-order valence-electron chi connectivity index (χ1n) is 8.97. The van der Waals surface area contributed by atoms with Gasteiger partial charge in [-0.2, -0.15) is 4.98 Å². The van der Waals surface area contributed by atoms with Crippen molar-refractivity contribution in [2.24, 2.45) is 0 Å². The number of amides is 1. The number of aromatic nitrogens is 3. The molecule has 0 aromatic carbocycles. The van der Waals surface area contributed by atoms with Gasteiger partial charge in [0.05, 0.1) is 0 Å². The van der Waals surface area contributed by atoms with Gasteiger partial charge in [-0.25, -0.2) is 0 Å². The number of nitrogens with one attached hydrogen (secondary N) is 1. The van der Waals surface area contributed by atoms with Crippen molar-refractivity contribution in [3.05, 3.63) is 30.3 Å². The summed E-state index contributed by atoms with van der Waals surface area (Å²) in [5.74, 6) is 0.929. The van der Waals surface area contributed by atoms with Gasteiger partial charge >= 0.3 is 0 Å². The van der Waals surface area contributed by atoms with Crippen molar-refractivity contribution in [3.63, 3.8) is 0 Å². The number of carbonyl (C=O) groups is 1. The SMILES string of the molecule is CC1CCCCN1CCNC(=O)CCc1nc(-c2ccccn2)no1. The molecule has 134 valence electrons. The molecule has 1 aliphatic rings. The van der Waals surface area contributed by atoms with Crippen LogP contribution in [0.3, 0.4) is 0 Å². The maximum Gasteiger partial charge on any atom is 0.227 e. The van der Waals surface area contributed by atoms with E-state index in [0.717, 1.165) is 13.1 Å². The zero-order valence-electron chi connectivity index (χ0n) is 14.6. The zero-order chi connectivity index (χ0) is 17.5. The summed E-state index contributed by atoms with van der Waals surface area (Å²) >= 11 is 0. The molecule has 1 saturated heterocycles. The molecular weight excluding hydrogens is 318 g/mol. The van der Waals surface area contributed by atoms with Gasteiger partial charge < -0.3 is 9.84 Å². The molecule has 1 amide bonds. The number of hydrogen-bond acceptors (Lipinski definition) is 6. The highest BCUT2D eigenvalue weighted by atomic mass is 16.5. The molecule has 1 N–H and O–H groups in total. The Morgan fingerprint density at radius 1 is 1.40 bits per heavy atom. The number of likely N-dealkylation sites (tertiary alicyclic amines) is 1. The van der Waals surface area contributed by atoms with Crippen LogP contribution in [0.2, 0.25) is 0 Å². The summed E-state index contributed by atoms with van der Waals surface area (Å²) in [6.45, 7) is 4.99. The Balaban J connectivity index is 1.38. The van der Waals surface area contributed by atoms with Crippen LogP contribution >= 0.6 is 0 Å². The van der Waals surface area contributed by atoms with Gasteiger partial charge in [0.15, 0.2) is 0 Å². The van der Waals surface area contributed by atoms with Gasteiger partial charge in [-0.1, -0.05) is 17.6 Å². The summed E-state index contributed by atoms with van der Waals surface area (Å²) in [6.07, 6.45) is 6.29. The monoisotopic (exact) mass is 343 g/mol. The van der Waals surface area contributed by atoms with Crippen molar-refractivity contribution in [2.75, 3.05) is 19.6 Å². The van der Waals surface area contributed by atoms with Crippen LogP contribution in [0.1, 0.15) is 38.5 Å². The Hall–Kier alpha value is -2.28. The summed E-state index contributed by atoms with van der Waals surface area (Å²) < 4.78 is 5.19. The fraction of sp³-hybridized carbons (Fsp3) is 0.556. The van der Waals surface area contributed by atoms with Gasteiger partial charge in [0.2, 0.25) is 17.6 Å². The summed E-state index contributed by atoms with van der Waals surface area (Å²) in [7, 11) is 0. The zero-order valence-corrected chi connectivity index (χ0v) is 14.6. The van der Waals surface area contributed by atoms with Crippen molar-refractivity contribution >= 4 is 5.91 Å². The number of carbonyl (C=O) groups excluding carboxylic acids is 1. The highest BCUT2D eigenvalue weighted by molar-refractivity contribution is 5.76. The predicted octanol–water partition coefficient (Wildman–Crippen LogP) is 2.05. The summed E-state index contributed by atoms with van der Waals surface area (Å²) in [5.41, 5.74) is 0.664. The summed E-state index contributed by atoms with van der Waals surface area (Å²) in [5, 5.41) is 6.89. The first kappa shape index (κ1) is 17.5. The average Bonchev–Trinajstić information content (AvgIpc) is 3.11. The smallest absolute Gasteiger partial charge is 0.227 e. The Bertz CT molecular complexity index is 673.